The molecular weight excluding hydrogens is 302 g/mol. The van der Waals surface area contributed by atoms with Crippen LogP contribution in [0.5, 0.6) is 0 Å². The molecule has 3 aromatic rings. The molecule has 2 amide bonds. The lowest BCUT2D eigenvalue weighted by molar-refractivity contribution is -0.128. The second-order valence-corrected chi connectivity index (χ2v) is 5.63. The highest BCUT2D eigenvalue weighted by molar-refractivity contribution is 5.94. The minimum Gasteiger partial charge on any atom is -0.361 e. The summed E-state index contributed by atoms with van der Waals surface area (Å²) in [7, 11) is 0. The summed E-state index contributed by atoms with van der Waals surface area (Å²) in [6, 6.07) is 16.6. The molecule has 122 valence electrons. The third-order valence-corrected chi connectivity index (χ3v) is 3.85. The van der Waals surface area contributed by atoms with Gasteiger partial charge < -0.3 is 15.6 Å². The topological polar surface area (TPSA) is 74.0 Å². The van der Waals surface area contributed by atoms with Gasteiger partial charge in [0, 0.05) is 36.1 Å². The highest BCUT2D eigenvalue weighted by Gasteiger charge is 2.24. The smallest absolute Gasteiger partial charge is 0.247 e. The van der Waals surface area contributed by atoms with E-state index in [1.54, 1.807) is 6.20 Å². The Morgan fingerprint density at radius 3 is 2.50 bits per heavy atom. The number of aromatic amines is 1. The summed E-state index contributed by atoms with van der Waals surface area (Å²) in [5.41, 5.74) is 2.69. The largest absolute Gasteiger partial charge is 0.361 e. The molecule has 2 aromatic carbocycles. The Kier molecular flexibility index (Phi) is 4.61. The minimum atomic E-state index is -0.734. The molecule has 0 spiro atoms. The summed E-state index contributed by atoms with van der Waals surface area (Å²) < 4.78 is 0. The van der Waals surface area contributed by atoms with Crippen LogP contribution < -0.4 is 10.6 Å². The van der Waals surface area contributed by atoms with E-state index in [1.165, 1.54) is 6.92 Å². The molecule has 3 N–H and O–H groups in total. The highest BCUT2D eigenvalue weighted by Crippen LogP contribution is 2.24. The number of amides is 2. The number of aromatic nitrogens is 1. The second-order valence-electron chi connectivity index (χ2n) is 5.63. The van der Waals surface area contributed by atoms with E-state index in [1.807, 2.05) is 54.6 Å². The number of rotatable bonds is 5. The van der Waals surface area contributed by atoms with Crippen LogP contribution in [0.4, 0.5) is 0 Å². The standard InChI is InChI=1S/C19H19N3O2/c1-13(23)22-18(16-12-20-17-10-6-5-9-15(16)17)19(24)21-11-14-7-3-2-4-8-14/h2-10,12,18,20H,11H2,1H3,(H,21,24)(H,22,23)/t18-/m0/s1. The number of carbonyl (C=O) groups excluding carboxylic acids is 2. The highest BCUT2D eigenvalue weighted by atomic mass is 16.2. The van der Waals surface area contributed by atoms with E-state index in [2.05, 4.69) is 15.6 Å². The van der Waals surface area contributed by atoms with Gasteiger partial charge in [-0.05, 0) is 11.6 Å². The van der Waals surface area contributed by atoms with Crippen molar-refractivity contribution < 1.29 is 9.59 Å². The second kappa shape index (κ2) is 7.00. The van der Waals surface area contributed by atoms with Crippen molar-refractivity contribution >= 4 is 22.7 Å². The van der Waals surface area contributed by atoms with E-state index in [0.29, 0.717) is 6.54 Å². The van der Waals surface area contributed by atoms with Gasteiger partial charge in [0.05, 0.1) is 0 Å². The summed E-state index contributed by atoms with van der Waals surface area (Å²) in [5, 5.41) is 6.55. The maximum absolute atomic E-state index is 12.7. The molecular formula is C19H19N3O2. The number of fused-ring (bicyclic) bond motifs is 1. The lowest BCUT2D eigenvalue weighted by Crippen LogP contribution is -2.39. The minimum absolute atomic E-state index is 0.237. The summed E-state index contributed by atoms with van der Waals surface area (Å²) in [6.45, 7) is 1.82. The molecule has 0 unspecified atom stereocenters. The van der Waals surface area contributed by atoms with Crippen LogP contribution in [0.3, 0.4) is 0 Å². The number of hydrogen-bond donors (Lipinski definition) is 3. The van der Waals surface area contributed by atoms with Gasteiger partial charge in [-0.25, -0.2) is 0 Å². The third-order valence-electron chi connectivity index (χ3n) is 3.85. The Morgan fingerprint density at radius 2 is 1.75 bits per heavy atom. The first kappa shape index (κ1) is 15.8. The third kappa shape index (κ3) is 3.46. The van der Waals surface area contributed by atoms with Crippen LogP contribution in [-0.4, -0.2) is 16.8 Å². The van der Waals surface area contributed by atoms with Crippen LogP contribution in [0.1, 0.15) is 24.1 Å². The van der Waals surface area contributed by atoms with E-state index in [4.69, 9.17) is 0 Å². The zero-order valence-electron chi connectivity index (χ0n) is 13.4. The molecule has 1 aromatic heterocycles. The van der Waals surface area contributed by atoms with Crippen LogP contribution in [0.25, 0.3) is 10.9 Å². The van der Waals surface area contributed by atoms with Gasteiger partial charge in [-0.15, -0.1) is 0 Å². The molecule has 3 rings (SSSR count). The van der Waals surface area contributed by atoms with Crippen LogP contribution in [0.2, 0.25) is 0 Å². The number of para-hydroxylation sites is 1. The molecule has 0 saturated carbocycles. The lowest BCUT2D eigenvalue weighted by Gasteiger charge is -2.17. The fourth-order valence-corrected chi connectivity index (χ4v) is 2.71. The molecule has 0 aliphatic heterocycles. The van der Waals surface area contributed by atoms with Crippen LogP contribution >= 0.6 is 0 Å². The maximum atomic E-state index is 12.7. The molecule has 0 aliphatic carbocycles. The molecule has 0 radical (unpaired) electrons. The summed E-state index contributed by atoms with van der Waals surface area (Å²) in [5.74, 6) is -0.487. The number of nitrogens with one attached hydrogen (secondary N) is 3. The Labute approximate surface area is 140 Å². The molecule has 24 heavy (non-hydrogen) atoms. The number of hydrogen-bond acceptors (Lipinski definition) is 2. The van der Waals surface area contributed by atoms with Crippen molar-refractivity contribution in [3.63, 3.8) is 0 Å². The molecule has 1 atom stereocenters. The van der Waals surface area contributed by atoms with E-state index in [-0.39, 0.29) is 11.8 Å². The Bertz CT molecular complexity index is 855. The summed E-state index contributed by atoms with van der Waals surface area (Å²) in [6.07, 6.45) is 1.77. The first-order valence-electron chi connectivity index (χ1n) is 7.80. The maximum Gasteiger partial charge on any atom is 0.247 e. The van der Waals surface area contributed by atoms with Crippen molar-refractivity contribution in [1.29, 1.82) is 0 Å². The van der Waals surface area contributed by atoms with Gasteiger partial charge in [-0.3, -0.25) is 9.59 Å². The predicted octanol–water partition coefficient (Wildman–Crippen LogP) is 2.66. The van der Waals surface area contributed by atoms with E-state index >= 15 is 0 Å². The fraction of sp³-hybridized carbons (Fsp3) is 0.158. The van der Waals surface area contributed by atoms with Crippen molar-refractivity contribution in [1.82, 2.24) is 15.6 Å². The van der Waals surface area contributed by atoms with Gasteiger partial charge in [0.2, 0.25) is 11.8 Å². The van der Waals surface area contributed by atoms with Gasteiger partial charge in [-0.1, -0.05) is 48.5 Å². The van der Waals surface area contributed by atoms with E-state index in [9.17, 15) is 9.59 Å². The van der Waals surface area contributed by atoms with Crippen molar-refractivity contribution in [2.75, 3.05) is 0 Å². The average Bonchev–Trinajstić information content (AvgIpc) is 3.02. The van der Waals surface area contributed by atoms with Gasteiger partial charge in [0.25, 0.3) is 0 Å². The zero-order valence-corrected chi connectivity index (χ0v) is 13.4. The number of benzene rings is 2. The van der Waals surface area contributed by atoms with Gasteiger partial charge >= 0.3 is 0 Å². The van der Waals surface area contributed by atoms with Crippen LogP contribution in [0.15, 0.2) is 60.8 Å². The SMILES string of the molecule is CC(=O)N[C@H](C(=O)NCc1ccccc1)c1c[nH]c2ccccc12. The molecule has 0 bridgehead atoms. The van der Waals surface area contributed by atoms with Gasteiger partial charge in [0.1, 0.15) is 6.04 Å². The lowest BCUT2D eigenvalue weighted by atomic mass is 10.0. The van der Waals surface area contributed by atoms with E-state index < -0.39 is 6.04 Å². The fourth-order valence-electron chi connectivity index (χ4n) is 2.71. The van der Waals surface area contributed by atoms with E-state index in [0.717, 1.165) is 22.0 Å². The summed E-state index contributed by atoms with van der Waals surface area (Å²) in [4.78, 5) is 27.4. The van der Waals surface area contributed by atoms with Crippen molar-refractivity contribution in [3.8, 4) is 0 Å². The van der Waals surface area contributed by atoms with Gasteiger partial charge in [-0.2, -0.15) is 0 Å². The van der Waals surface area contributed by atoms with Crippen molar-refractivity contribution in [3.05, 3.63) is 71.9 Å². The van der Waals surface area contributed by atoms with Crippen molar-refractivity contribution in [2.24, 2.45) is 0 Å². The monoisotopic (exact) mass is 321 g/mol. The Balaban J connectivity index is 1.83. The number of H-pyrrole nitrogens is 1. The van der Waals surface area contributed by atoms with Gasteiger partial charge in [0.15, 0.2) is 0 Å². The molecule has 0 aliphatic rings. The molecule has 0 fully saturated rings. The molecule has 5 heteroatoms. The van der Waals surface area contributed by atoms with Crippen LogP contribution in [0, 0.1) is 0 Å². The molecule has 5 nitrogen and oxygen atoms in total. The first-order chi connectivity index (χ1) is 11.6. The quantitative estimate of drug-likeness (QED) is 0.676. The molecule has 0 saturated heterocycles. The first-order valence-corrected chi connectivity index (χ1v) is 7.80. The molecule has 1 heterocycles. The number of carbonyl (C=O) groups is 2. The zero-order chi connectivity index (χ0) is 16.9. The Hall–Kier alpha value is -3.08. The van der Waals surface area contributed by atoms with Crippen LogP contribution in [-0.2, 0) is 16.1 Å². The normalized spacial score (nSPS) is 11.9. The summed E-state index contributed by atoms with van der Waals surface area (Å²) >= 11 is 0. The van der Waals surface area contributed by atoms with Crippen molar-refractivity contribution in [2.45, 2.75) is 19.5 Å². The average molecular weight is 321 g/mol. The Morgan fingerprint density at radius 1 is 1.04 bits per heavy atom. The predicted molar refractivity (Wildman–Crippen MR) is 93.1 cm³/mol.